The molecule has 4 nitrogen and oxygen atoms in total. The van der Waals surface area contributed by atoms with Gasteiger partial charge in [-0.05, 0) is 0 Å². The second kappa shape index (κ2) is 3.98. The third kappa shape index (κ3) is 4.81. The molecular weight excluding hydrogens is 110 g/mol. The summed E-state index contributed by atoms with van der Waals surface area (Å²) in [6.45, 7) is 0. The molecule has 0 heterocycles. The third-order valence-electron chi connectivity index (χ3n) is 0.432. The molecule has 0 aliphatic rings. The molecule has 0 radical (unpaired) electrons. The van der Waals surface area contributed by atoms with Crippen LogP contribution in [-0.2, 0) is 9.59 Å². The second-order valence-electron chi connectivity index (χ2n) is 1.03. The molecule has 0 saturated heterocycles. The van der Waals surface area contributed by atoms with Crippen molar-refractivity contribution in [1.29, 1.82) is 0 Å². The molecule has 1 N–H and O–H groups in total. The summed E-state index contributed by atoms with van der Waals surface area (Å²) >= 11 is 0. The van der Waals surface area contributed by atoms with E-state index in [9.17, 15) is 9.59 Å². The van der Waals surface area contributed by atoms with Gasteiger partial charge in [-0.2, -0.15) is 0 Å². The van der Waals surface area contributed by atoms with E-state index in [0.29, 0.717) is 6.41 Å². The summed E-state index contributed by atoms with van der Waals surface area (Å²) in [6, 6.07) is 0. The van der Waals surface area contributed by atoms with Gasteiger partial charge in [-0.3, -0.25) is 9.59 Å². The minimum Gasteiger partial charge on any atom is -0.481 e. The summed E-state index contributed by atoms with van der Waals surface area (Å²) in [5.74, 6) is -0.990. The summed E-state index contributed by atoms with van der Waals surface area (Å²) in [6.07, 6.45) is 1.14. The number of rotatable bonds is 3. The van der Waals surface area contributed by atoms with E-state index in [1.807, 2.05) is 0 Å². The first-order chi connectivity index (χ1) is 3.77. The van der Waals surface area contributed by atoms with Crippen LogP contribution in [0.3, 0.4) is 0 Å². The highest BCUT2D eigenvalue weighted by Gasteiger charge is 1.87. The van der Waals surface area contributed by atoms with E-state index in [-0.39, 0.29) is 6.42 Å². The Hall–Kier alpha value is -1.19. The van der Waals surface area contributed by atoms with Crippen molar-refractivity contribution < 1.29 is 14.7 Å². The van der Waals surface area contributed by atoms with Gasteiger partial charge in [0, 0.05) is 6.21 Å². The van der Waals surface area contributed by atoms with Crippen LogP contribution in [0.4, 0.5) is 0 Å². The number of hydrogen-bond acceptors (Lipinski definition) is 2. The van der Waals surface area contributed by atoms with Crippen molar-refractivity contribution >= 4 is 18.6 Å². The molecule has 0 fully saturated rings. The molecule has 1 amide bonds. The number of aliphatic carboxylic acids is 1. The summed E-state index contributed by atoms with van der Waals surface area (Å²) < 4.78 is 0. The zero-order chi connectivity index (χ0) is 6.41. The SMILES string of the molecule is O=CN=CCC(=O)O. The minimum atomic E-state index is -0.990. The Morgan fingerprint density at radius 3 is 2.75 bits per heavy atom. The van der Waals surface area contributed by atoms with Crippen molar-refractivity contribution in [2.24, 2.45) is 4.99 Å². The van der Waals surface area contributed by atoms with Gasteiger partial charge in [0.2, 0.25) is 6.41 Å². The van der Waals surface area contributed by atoms with Gasteiger partial charge in [0.15, 0.2) is 0 Å². The normalized spacial score (nSPS) is 9.50. The third-order valence-corrected chi connectivity index (χ3v) is 0.432. The maximum atomic E-state index is 9.67. The van der Waals surface area contributed by atoms with Crippen LogP contribution in [0.5, 0.6) is 0 Å². The van der Waals surface area contributed by atoms with E-state index in [2.05, 4.69) is 4.99 Å². The summed E-state index contributed by atoms with van der Waals surface area (Å²) in [7, 11) is 0. The first-order valence-corrected chi connectivity index (χ1v) is 1.94. The van der Waals surface area contributed by atoms with Crippen LogP contribution < -0.4 is 0 Å². The van der Waals surface area contributed by atoms with Crippen LogP contribution in [-0.4, -0.2) is 23.7 Å². The predicted molar refractivity (Wildman–Crippen MR) is 26.8 cm³/mol. The van der Waals surface area contributed by atoms with Crippen molar-refractivity contribution in [3.63, 3.8) is 0 Å². The van der Waals surface area contributed by atoms with Gasteiger partial charge in [0.1, 0.15) is 0 Å². The standard InChI is InChI=1S/C4H5NO3/c6-3-5-2-1-4(7)8/h2-3H,1H2,(H,7,8). The Bertz CT molecular complexity index is 118. The topological polar surface area (TPSA) is 66.7 Å². The monoisotopic (exact) mass is 115 g/mol. The molecule has 0 bridgehead atoms. The fourth-order valence-electron chi connectivity index (χ4n) is 0.174. The quantitative estimate of drug-likeness (QED) is 0.405. The van der Waals surface area contributed by atoms with Crippen LogP contribution in [0.25, 0.3) is 0 Å². The Balaban J connectivity index is 3.29. The van der Waals surface area contributed by atoms with Gasteiger partial charge in [-0.25, -0.2) is 4.99 Å². The number of carboxylic acid groups (broad SMARTS) is 1. The van der Waals surface area contributed by atoms with Crippen molar-refractivity contribution in [1.82, 2.24) is 0 Å². The minimum absolute atomic E-state index is 0.196. The Kier molecular flexibility index (Phi) is 3.39. The lowest BCUT2D eigenvalue weighted by Gasteiger charge is -1.76. The molecule has 44 valence electrons. The summed E-state index contributed by atoms with van der Waals surface area (Å²) in [5, 5.41) is 7.93. The van der Waals surface area contributed by atoms with Crippen molar-refractivity contribution in [3.8, 4) is 0 Å². The maximum absolute atomic E-state index is 9.67. The molecule has 0 saturated carbocycles. The van der Waals surface area contributed by atoms with Gasteiger partial charge in [-0.15, -0.1) is 0 Å². The van der Waals surface area contributed by atoms with E-state index in [1.54, 1.807) is 0 Å². The average Bonchev–Trinajstić information content (AvgIpc) is 1.66. The van der Waals surface area contributed by atoms with Crippen molar-refractivity contribution in [3.05, 3.63) is 0 Å². The van der Waals surface area contributed by atoms with Crippen molar-refractivity contribution in [2.75, 3.05) is 0 Å². The van der Waals surface area contributed by atoms with E-state index in [4.69, 9.17) is 5.11 Å². The highest BCUT2D eigenvalue weighted by Crippen LogP contribution is 1.69. The number of amides is 1. The predicted octanol–water partition coefficient (Wildman–Crippen LogP) is -0.312. The Morgan fingerprint density at radius 1 is 1.75 bits per heavy atom. The number of carbonyl (C=O) groups excluding carboxylic acids is 1. The van der Waals surface area contributed by atoms with Gasteiger partial charge in [-0.1, -0.05) is 0 Å². The highest BCUT2D eigenvalue weighted by atomic mass is 16.4. The lowest BCUT2D eigenvalue weighted by Crippen LogP contribution is -1.93. The number of hydrogen-bond donors (Lipinski definition) is 1. The van der Waals surface area contributed by atoms with Gasteiger partial charge in [0.05, 0.1) is 6.42 Å². The fourth-order valence-corrected chi connectivity index (χ4v) is 0.174. The summed E-state index contributed by atoms with van der Waals surface area (Å²) in [4.78, 5) is 22.1. The highest BCUT2D eigenvalue weighted by molar-refractivity contribution is 5.86. The summed E-state index contributed by atoms with van der Waals surface area (Å²) in [5.41, 5.74) is 0. The van der Waals surface area contributed by atoms with Crippen LogP contribution >= 0.6 is 0 Å². The molecule has 0 unspecified atom stereocenters. The number of carboxylic acids is 1. The van der Waals surface area contributed by atoms with Crippen molar-refractivity contribution in [2.45, 2.75) is 6.42 Å². The molecule has 0 aromatic carbocycles. The van der Waals surface area contributed by atoms with E-state index in [1.165, 1.54) is 0 Å². The Morgan fingerprint density at radius 2 is 2.38 bits per heavy atom. The zero-order valence-corrected chi connectivity index (χ0v) is 4.07. The largest absolute Gasteiger partial charge is 0.481 e. The number of carbonyl (C=O) groups is 2. The Labute approximate surface area is 45.8 Å². The van der Waals surface area contributed by atoms with E-state index in [0.717, 1.165) is 6.21 Å². The second-order valence-corrected chi connectivity index (χ2v) is 1.03. The van der Waals surface area contributed by atoms with Gasteiger partial charge < -0.3 is 5.11 Å². The van der Waals surface area contributed by atoms with Crippen LogP contribution in [0.2, 0.25) is 0 Å². The molecule has 0 aromatic rings. The lowest BCUT2D eigenvalue weighted by molar-refractivity contribution is -0.135. The molecular formula is C4H5NO3. The average molecular weight is 115 g/mol. The molecule has 0 aliphatic carbocycles. The molecule has 4 heteroatoms. The van der Waals surface area contributed by atoms with E-state index < -0.39 is 5.97 Å². The first kappa shape index (κ1) is 6.81. The smallest absolute Gasteiger partial charge is 0.308 e. The molecule has 0 aliphatic heterocycles. The number of nitrogens with zero attached hydrogens (tertiary/aromatic N) is 1. The van der Waals surface area contributed by atoms with Crippen LogP contribution in [0.15, 0.2) is 4.99 Å². The first-order valence-electron chi connectivity index (χ1n) is 1.94. The van der Waals surface area contributed by atoms with Gasteiger partial charge in [0.25, 0.3) is 0 Å². The lowest BCUT2D eigenvalue weighted by atomic mass is 10.5. The van der Waals surface area contributed by atoms with Crippen LogP contribution in [0, 0.1) is 0 Å². The fraction of sp³-hybridized carbons (Fsp3) is 0.250. The maximum Gasteiger partial charge on any atom is 0.308 e. The molecule has 8 heavy (non-hydrogen) atoms. The van der Waals surface area contributed by atoms with Gasteiger partial charge >= 0.3 is 5.97 Å². The van der Waals surface area contributed by atoms with E-state index >= 15 is 0 Å². The molecule has 0 rings (SSSR count). The number of aliphatic imine (C=N–C) groups is 1. The van der Waals surface area contributed by atoms with Crippen LogP contribution in [0.1, 0.15) is 6.42 Å². The molecule has 0 aromatic heterocycles. The zero-order valence-electron chi connectivity index (χ0n) is 4.07. The molecule has 0 spiro atoms. The molecule has 0 atom stereocenters.